The number of anilines is 1. The van der Waals surface area contributed by atoms with Crippen molar-refractivity contribution in [2.24, 2.45) is 0 Å². The number of carbonyl (C=O) groups excluding carboxylic acids is 1. The van der Waals surface area contributed by atoms with Gasteiger partial charge < -0.3 is 18.9 Å². The minimum atomic E-state index is -3.95. The molecule has 1 N–H and O–H groups in total. The number of hydrogen-bond donors (Lipinski definition) is 1. The third-order valence-electron chi connectivity index (χ3n) is 4.66. The normalized spacial score (nSPS) is 14.7. The molecule has 158 valence electrons. The number of rotatable bonds is 5. The predicted octanol–water partition coefficient (Wildman–Crippen LogP) is 2.76. The van der Waals surface area contributed by atoms with E-state index in [4.69, 9.17) is 25.6 Å². The molecule has 2 heterocycles. The molecule has 1 aliphatic heterocycles. The summed E-state index contributed by atoms with van der Waals surface area (Å²) in [4.78, 5) is 14.3. The maximum atomic E-state index is 12.9. The molecule has 0 aliphatic carbocycles. The first-order valence-electron chi connectivity index (χ1n) is 9.02. The van der Waals surface area contributed by atoms with Gasteiger partial charge in [-0.1, -0.05) is 16.8 Å². The van der Waals surface area contributed by atoms with E-state index in [1.54, 1.807) is 11.0 Å². The molecule has 0 bridgehead atoms. The molecule has 1 saturated heterocycles. The van der Waals surface area contributed by atoms with E-state index in [2.05, 4.69) is 9.88 Å². The molecule has 0 saturated carbocycles. The second kappa shape index (κ2) is 8.13. The average Bonchev–Trinajstić information content (AvgIpc) is 3.17. The first-order valence-corrected chi connectivity index (χ1v) is 10.9. The zero-order valence-electron chi connectivity index (χ0n) is 15.9. The average molecular weight is 452 g/mol. The van der Waals surface area contributed by atoms with Crippen LogP contribution in [0.15, 0.2) is 45.8 Å². The fraction of sp³-hybridized carbons (Fsp3) is 0.263. The van der Waals surface area contributed by atoms with Gasteiger partial charge in [0, 0.05) is 13.1 Å². The van der Waals surface area contributed by atoms with E-state index >= 15 is 0 Å². The van der Waals surface area contributed by atoms with Crippen molar-refractivity contribution in [3.8, 4) is 5.75 Å². The molecule has 0 unspecified atom stereocenters. The van der Waals surface area contributed by atoms with Crippen LogP contribution in [-0.4, -0.2) is 57.8 Å². The first-order chi connectivity index (χ1) is 14.4. The second-order valence-corrected chi connectivity index (χ2v) is 8.64. The van der Waals surface area contributed by atoms with Gasteiger partial charge in [0.1, 0.15) is 5.75 Å². The number of ether oxygens (including phenoxy) is 2. The Balaban J connectivity index is 1.65. The number of nitrogens with one attached hydrogen (secondary N) is 1. The van der Waals surface area contributed by atoms with Crippen molar-refractivity contribution in [2.45, 2.75) is 4.90 Å². The number of amides is 1. The second-order valence-electron chi connectivity index (χ2n) is 6.55. The number of hydrogen-bond acceptors (Lipinski definition) is 7. The monoisotopic (exact) mass is 451 g/mol. The predicted molar refractivity (Wildman–Crippen MR) is 110 cm³/mol. The van der Waals surface area contributed by atoms with Gasteiger partial charge in [-0.15, -0.1) is 0 Å². The van der Waals surface area contributed by atoms with Gasteiger partial charge in [-0.2, -0.15) is 0 Å². The van der Waals surface area contributed by atoms with Gasteiger partial charge in [0.15, 0.2) is 11.3 Å². The Morgan fingerprint density at radius 2 is 1.97 bits per heavy atom. The van der Waals surface area contributed by atoms with Crippen LogP contribution in [0.4, 0.5) is 5.69 Å². The zero-order chi connectivity index (χ0) is 21.3. The van der Waals surface area contributed by atoms with Crippen LogP contribution < -0.4 is 9.46 Å². The fourth-order valence-corrected chi connectivity index (χ4v) is 4.43. The molecule has 1 aliphatic rings. The van der Waals surface area contributed by atoms with Crippen LogP contribution >= 0.6 is 11.6 Å². The zero-order valence-corrected chi connectivity index (χ0v) is 17.5. The van der Waals surface area contributed by atoms with Crippen molar-refractivity contribution < 1.29 is 27.2 Å². The molecule has 0 spiro atoms. The highest BCUT2D eigenvalue weighted by Gasteiger charge is 2.25. The standard InChI is InChI=1S/C19H18ClN3O6S/c1-27-17-4-2-12(10-15(17)20)22-30(25,26)13-3-5-16-14(11-13)18(21-29-16)19(24)23-6-8-28-9-7-23/h2-5,10-11,22H,6-9H2,1H3. The van der Waals surface area contributed by atoms with Gasteiger partial charge in [-0.25, -0.2) is 8.42 Å². The molecular weight excluding hydrogens is 434 g/mol. The van der Waals surface area contributed by atoms with Crippen molar-refractivity contribution in [1.29, 1.82) is 0 Å². The smallest absolute Gasteiger partial charge is 0.276 e. The highest BCUT2D eigenvalue weighted by Crippen LogP contribution is 2.29. The minimum Gasteiger partial charge on any atom is -0.495 e. The van der Waals surface area contributed by atoms with E-state index in [-0.39, 0.29) is 27.2 Å². The first kappa shape index (κ1) is 20.5. The quantitative estimate of drug-likeness (QED) is 0.634. The van der Waals surface area contributed by atoms with E-state index in [0.717, 1.165) is 0 Å². The van der Waals surface area contributed by atoms with Crippen LogP contribution in [0.25, 0.3) is 11.0 Å². The Bertz CT molecular complexity index is 1200. The number of carbonyl (C=O) groups is 1. The molecule has 11 heteroatoms. The lowest BCUT2D eigenvalue weighted by Crippen LogP contribution is -2.40. The van der Waals surface area contributed by atoms with Crippen molar-refractivity contribution in [2.75, 3.05) is 38.1 Å². The summed E-state index contributed by atoms with van der Waals surface area (Å²) in [5.74, 6) is 0.0956. The molecule has 1 fully saturated rings. The third kappa shape index (κ3) is 3.93. The summed E-state index contributed by atoms with van der Waals surface area (Å²) in [6.07, 6.45) is 0. The van der Waals surface area contributed by atoms with Gasteiger partial charge >= 0.3 is 0 Å². The van der Waals surface area contributed by atoms with Crippen LogP contribution in [0.5, 0.6) is 5.75 Å². The van der Waals surface area contributed by atoms with Gasteiger partial charge in [-0.3, -0.25) is 9.52 Å². The van der Waals surface area contributed by atoms with Gasteiger partial charge in [0.2, 0.25) is 0 Å². The molecule has 3 aromatic rings. The Morgan fingerprint density at radius 1 is 1.20 bits per heavy atom. The molecule has 0 radical (unpaired) electrons. The summed E-state index contributed by atoms with van der Waals surface area (Å²) in [5.41, 5.74) is 0.658. The number of methoxy groups -OCH3 is 1. The maximum absolute atomic E-state index is 12.9. The molecule has 0 atom stereocenters. The largest absolute Gasteiger partial charge is 0.495 e. The molecule has 30 heavy (non-hydrogen) atoms. The number of sulfonamides is 1. The van der Waals surface area contributed by atoms with Gasteiger partial charge in [0.25, 0.3) is 15.9 Å². The molecular formula is C19H18ClN3O6S. The van der Waals surface area contributed by atoms with E-state index in [1.165, 1.54) is 37.4 Å². The topological polar surface area (TPSA) is 111 Å². The maximum Gasteiger partial charge on any atom is 0.276 e. The summed E-state index contributed by atoms with van der Waals surface area (Å²) in [7, 11) is -2.48. The number of aromatic nitrogens is 1. The summed E-state index contributed by atoms with van der Waals surface area (Å²) < 4.78 is 43.7. The van der Waals surface area contributed by atoms with Crippen LogP contribution in [0, 0.1) is 0 Å². The van der Waals surface area contributed by atoms with Gasteiger partial charge in [-0.05, 0) is 36.4 Å². The van der Waals surface area contributed by atoms with Crippen LogP contribution in [0.1, 0.15) is 10.5 Å². The fourth-order valence-electron chi connectivity index (χ4n) is 3.10. The summed E-state index contributed by atoms with van der Waals surface area (Å²) in [5, 5.41) is 4.45. The lowest BCUT2D eigenvalue weighted by atomic mass is 10.2. The minimum absolute atomic E-state index is 0.0406. The Morgan fingerprint density at radius 3 is 2.67 bits per heavy atom. The number of halogens is 1. The lowest BCUT2D eigenvalue weighted by Gasteiger charge is -2.25. The summed E-state index contributed by atoms with van der Waals surface area (Å²) in [6.45, 7) is 1.75. The highest BCUT2D eigenvalue weighted by molar-refractivity contribution is 7.92. The van der Waals surface area contributed by atoms with E-state index in [0.29, 0.717) is 43.0 Å². The molecule has 1 aromatic heterocycles. The van der Waals surface area contributed by atoms with E-state index in [9.17, 15) is 13.2 Å². The molecule has 1 amide bonds. The van der Waals surface area contributed by atoms with Crippen molar-refractivity contribution in [3.05, 3.63) is 47.1 Å². The number of fused-ring (bicyclic) bond motifs is 1. The van der Waals surface area contributed by atoms with E-state index < -0.39 is 10.0 Å². The Kier molecular flexibility index (Phi) is 5.54. The molecule has 4 rings (SSSR count). The van der Waals surface area contributed by atoms with Crippen molar-refractivity contribution >= 4 is 44.2 Å². The SMILES string of the molecule is COc1ccc(NS(=O)(=O)c2ccc3onc(C(=O)N4CCOCC4)c3c2)cc1Cl. The van der Waals surface area contributed by atoms with Crippen molar-refractivity contribution in [3.63, 3.8) is 0 Å². The van der Waals surface area contributed by atoms with Crippen LogP contribution in [0.2, 0.25) is 5.02 Å². The van der Waals surface area contributed by atoms with E-state index in [1.807, 2.05) is 0 Å². The molecule has 9 nitrogen and oxygen atoms in total. The Hall–Kier alpha value is -2.82. The lowest BCUT2D eigenvalue weighted by molar-refractivity contribution is 0.0297. The molecule has 2 aromatic carbocycles. The van der Waals surface area contributed by atoms with Crippen molar-refractivity contribution in [1.82, 2.24) is 10.1 Å². The Labute approximate surface area is 177 Å². The number of morpholine rings is 1. The van der Waals surface area contributed by atoms with Gasteiger partial charge in [0.05, 0.1) is 41.3 Å². The highest BCUT2D eigenvalue weighted by atomic mass is 35.5. The summed E-state index contributed by atoms with van der Waals surface area (Å²) >= 11 is 6.07. The van der Waals surface area contributed by atoms with Crippen LogP contribution in [-0.2, 0) is 14.8 Å². The number of benzene rings is 2. The third-order valence-corrected chi connectivity index (χ3v) is 6.33. The summed E-state index contributed by atoms with van der Waals surface area (Å²) in [6, 6.07) is 8.75. The number of nitrogens with zero attached hydrogens (tertiary/aromatic N) is 2. The van der Waals surface area contributed by atoms with Crippen LogP contribution in [0.3, 0.4) is 0 Å².